The third-order valence-electron chi connectivity index (χ3n) is 2.57. The number of esters is 1. The topological polar surface area (TPSA) is 81.4 Å². The molecule has 0 aromatic heterocycles. The predicted octanol–water partition coefficient (Wildman–Crippen LogP) is 1.36. The number of hydrogen-bond donors (Lipinski definition) is 2. The largest absolute Gasteiger partial charge is 0.466 e. The molecule has 1 amide bonds. The van der Waals surface area contributed by atoms with Crippen LogP contribution in [-0.2, 0) is 14.3 Å². The summed E-state index contributed by atoms with van der Waals surface area (Å²) < 4.78 is 4.84. The Labute approximate surface area is 109 Å². The summed E-state index contributed by atoms with van der Waals surface area (Å²) in [6, 6.07) is 0. The molecule has 0 radical (unpaired) electrons. The third-order valence-corrected chi connectivity index (χ3v) is 2.57. The lowest BCUT2D eigenvalue weighted by atomic mass is 10.2. The highest BCUT2D eigenvalue weighted by atomic mass is 16.5. The van der Waals surface area contributed by atoms with E-state index in [1.807, 2.05) is 6.92 Å². The number of carbonyl (C=O) groups excluding carboxylic acids is 2. The van der Waals surface area contributed by atoms with Gasteiger partial charge in [0, 0.05) is 12.8 Å². The number of primary amides is 1. The van der Waals surface area contributed by atoms with Crippen molar-refractivity contribution in [3.8, 4) is 0 Å². The van der Waals surface area contributed by atoms with Gasteiger partial charge in [0.25, 0.3) is 0 Å². The van der Waals surface area contributed by atoms with E-state index < -0.39 is 0 Å². The maximum Gasteiger partial charge on any atom is 0.305 e. The molecule has 0 aromatic carbocycles. The van der Waals surface area contributed by atoms with Gasteiger partial charge in [-0.3, -0.25) is 9.59 Å². The van der Waals surface area contributed by atoms with Crippen molar-refractivity contribution in [1.29, 1.82) is 0 Å². The van der Waals surface area contributed by atoms with Gasteiger partial charge in [-0.05, 0) is 45.7 Å². The highest BCUT2D eigenvalue weighted by Gasteiger charge is 2.00. The molecule has 0 bridgehead atoms. The Kier molecular flexibility index (Phi) is 11.6. The van der Waals surface area contributed by atoms with Crippen LogP contribution >= 0.6 is 0 Å². The molecule has 5 nitrogen and oxygen atoms in total. The van der Waals surface area contributed by atoms with Crippen molar-refractivity contribution in [2.75, 3.05) is 19.7 Å². The molecule has 5 heteroatoms. The van der Waals surface area contributed by atoms with Crippen LogP contribution in [0.5, 0.6) is 0 Å². The molecule has 0 atom stereocenters. The summed E-state index contributed by atoms with van der Waals surface area (Å²) >= 11 is 0. The van der Waals surface area contributed by atoms with Gasteiger partial charge in [0.1, 0.15) is 0 Å². The molecule has 0 spiro atoms. The Morgan fingerprint density at radius 2 is 1.61 bits per heavy atom. The van der Waals surface area contributed by atoms with E-state index in [4.69, 9.17) is 10.5 Å². The third kappa shape index (κ3) is 13.0. The first-order valence-corrected chi connectivity index (χ1v) is 6.81. The number of nitrogens with two attached hydrogens (primary N) is 1. The SMILES string of the molecule is CCOC(=O)CCCCCNCCCCC(N)=O. The van der Waals surface area contributed by atoms with Crippen molar-refractivity contribution in [3.63, 3.8) is 0 Å². The maximum absolute atomic E-state index is 11.0. The molecule has 18 heavy (non-hydrogen) atoms. The highest BCUT2D eigenvalue weighted by molar-refractivity contribution is 5.73. The normalized spacial score (nSPS) is 10.3. The van der Waals surface area contributed by atoms with Crippen molar-refractivity contribution >= 4 is 11.9 Å². The first-order chi connectivity index (χ1) is 8.66. The van der Waals surface area contributed by atoms with Crippen LogP contribution in [0.2, 0.25) is 0 Å². The summed E-state index contributed by atoms with van der Waals surface area (Å²) in [7, 11) is 0. The van der Waals surface area contributed by atoms with Gasteiger partial charge < -0.3 is 15.8 Å². The van der Waals surface area contributed by atoms with E-state index in [2.05, 4.69) is 5.32 Å². The first kappa shape index (κ1) is 16.9. The molecule has 0 fully saturated rings. The number of carbonyl (C=O) groups is 2. The number of ether oxygens (including phenoxy) is 1. The van der Waals surface area contributed by atoms with E-state index in [9.17, 15) is 9.59 Å². The monoisotopic (exact) mass is 258 g/mol. The number of rotatable bonds is 12. The summed E-state index contributed by atoms with van der Waals surface area (Å²) in [5.41, 5.74) is 5.04. The zero-order valence-corrected chi connectivity index (χ0v) is 11.4. The maximum atomic E-state index is 11.0. The number of hydrogen-bond acceptors (Lipinski definition) is 4. The van der Waals surface area contributed by atoms with Gasteiger partial charge in [-0.25, -0.2) is 0 Å². The summed E-state index contributed by atoms with van der Waals surface area (Å²) in [5.74, 6) is -0.328. The standard InChI is InChI=1S/C13H26N2O3/c1-2-18-13(17)9-4-3-6-10-15-11-7-5-8-12(14)16/h15H,2-11H2,1H3,(H2,14,16). The fraction of sp³-hybridized carbons (Fsp3) is 0.846. The molecule has 0 aliphatic rings. The van der Waals surface area contributed by atoms with E-state index in [-0.39, 0.29) is 11.9 Å². The second-order valence-electron chi connectivity index (χ2n) is 4.29. The zero-order valence-electron chi connectivity index (χ0n) is 11.4. The molecule has 0 saturated heterocycles. The molecular weight excluding hydrogens is 232 g/mol. The second kappa shape index (κ2) is 12.4. The van der Waals surface area contributed by atoms with Crippen LogP contribution in [0.1, 0.15) is 51.9 Å². The zero-order chi connectivity index (χ0) is 13.6. The summed E-state index contributed by atoms with van der Waals surface area (Å²) in [6.07, 6.45) is 5.81. The molecule has 0 heterocycles. The van der Waals surface area contributed by atoms with Crippen LogP contribution in [0, 0.1) is 0 Å². The van der Waals surface area contributed by atoms with Crippen LogP contribution < -0.4 is 11.1 Å². The second-order valence-corrected chi connectivity index (χ2v) is 4.29. The van der Waals surface area contributed by atoms with Gasteiger partial charge in [-0.15, -0.1) is 0 Å². The highest BCUT2D eigenvalue weighted by Crippen LogP contribution is 2.00. The molecule has 0 unspecified atom stereocenters. The first-order valence-electron chi connectivity index (χ1n) is 6.81. The van der Waals surface area contributed by atoms with Gasteiger partial charge in [-0.1, -0.05) is 6.42 Å². The van der Waals surface area contributed by atoms with Gasteiger partial charge in [0.05, 0.1) is 6.61 Å². The Morgan fingerprint density at radius 3 is 2.22 bits per heavy atom. The molecule has 3 N–H and O–H groups in total. The van der Waals surface area contributed by atoms with Gasteiger partial charge in [-0.2, -0.15) is 0 Å². The molecule has 0 saturated carbocycles. The molecule has 0 rings (SSSR count). The minimum atomic E-state index is -0.228. The Morgan fingerprint density at radius 1 is 1.00 bits per heavy atom. The van der Waals surface area contributed by atoms with Crippen molar-refractivity contribution < 1.29 is 14.3 Å². The van der Waals surface area contributed by atoms with E-state index in [1.54, 1.807) is 0 Å². The van der Waals surface area contributed by atoms with E-state index in [0.29, 0.717) is 19.4 Å². The molecular formula is C13H26N2O3. The van der Waals surface area contributed by atoms with Crippen LogP contribution in [-0.4, -0.2) is 31.6 Å². The van der Waals surface area contributed by atoms with Crippen LogP contribution in [0.25, 0.3) is 0 Å². The fourth-order valence-electron chi connectivity index (χ4n) is 1.60. The molecule has 0 aliphatic heterocycles. The van der Waals surface area contributed by atoms with Crippen LogP contribution in [0.3, 0.4) is 0 Å². The summed E-state index contributed by atoms with van der Waals surface area (Å²) in [6.45, 7) is 4.16. The van der Waals surface area contributed by atoms with Gasteiger partial charge in [0.15, 0.2) is 0 Å². The average molecular weight is 258 g/mol. The van der Waals surface area contributed by atoms with Gasteiger partial charge in [0.2, 0.25) is 5.91 Å². The van der Waals surface area contributed by atoms with Crippen molar-refractivity contribution in [2.24, 2.45) is 5.73 Å². The average Bonchev–Trinajstić information content (AvgIpc) is 2.31. The Hall–Kier alpha value is -1.10. The van der Waals surface area contributed by atoms with Crippen molar-refractivity contribution in [1.82, 2.24) is 5.32 Å². The minimum absolute atomic E-state index is 0.100. The van der Waals surface area contributed by atoms with Crippen LogP contribution in [0.4, 0.5) is 0 Å². The van der Waals surface area contributed by atoms with E-state index in [1.165, 1.54) is 0 Å². The predicted molar refractivity (Wildman–Crippen MR) is 71.0 cm³/mol. The molecule has 106 valence electrons. The summed E-state index contributed by atoms with van der Waals surface area (Å²) in [5, 5.41) is 3.30. The minimum Gasteiger partial charge on any atom is -0.466 e. The van der Waals surface area contributed by atoms with Gasteiger partial charge >= 0.3 is 5.97 Å². The van der Waals surface area contributed by atoms with Crippen molar-refractivity contribution in [2.45, 2.75) is 51.9 Å². The number of unbranched alkanes of at least 4 members (excludes halogenated alkanes) is 3. The fourth-order valence-corrected chi connectivity index (χ4v) is 1.60. The lowest BCUT2D eigenvalue weighted by Gasteiger charge is -2.04. The number of amides is 1. The van der Waals surface area contributed by atoms with Crippen LogP contribution in [0.15, 0.2) is 0 Å². The lowest BCUT2D eigenvalue weighted by Crippen LogP contribution is -2.17. The van der Waals surface area contributed by atoms with E-state index >= 15 is 0 Å². The molecule has 0 aromatic rings. The summed E-state index contributed by atoms with van der Waals surface area (Å²) in [4.78, 5) is 21.5. The quantitative estimate of drug-likeness (QED) is 0.409. The molecule has 0 aliphatic carbocycles. The lowest BCUT2D eigenvalue weighted by molar-refractivity contribution is -0.143. The number of nitrogens with one attached hydrogen (secondary N) is 1. The van der Waals surface area contributed by atoms with Crippen molar-refractivity contribution in [3.05, 3.63) is 0 Å². The smallest absolute Gasteiger partial charge is 0.305 e. The Balaban J connectivity index is 3.07. The Bertz CT molecular complexity index is 232. The van der Waals surface area contributed by atoms with E-state index in [0.717, 1.165) is 45.2 Å².